The van der Waals surface area contributed by atoms with Gasteiger partial charge in [-0.1, -0.05) is 72.0 Å². The Labute approximate surface area is 170 Å². The molecule has 0 radical (unpaired) electrons. The Kier molecular flexibility index (Phi) is 5.59. The van der Waals surface area contributed by atoms with Crippen LogP contribution in [0.1, 0.15) is 112 Å². The van der Waals surface area contributed by atoms with Crippen LogP contribution in [0.25, 0.3) is 0 Å². The monoisotopic (exact) mass is 370 g/mol. The van der Waals surface area contributed by atoms with Crippen molar-refractivity contribution in [1.29, 1.82) is 0 Å². The van der Waals surface area contributed by atoms with Crippen LogP contribution in [0.2, 0.25) is 0 Å². The van der Waals surface area contributed by atoms with E-state index < -0.39 is 0 Å². The maximum atomic E-state index is 2.74. The molecule has 4 rings (SSSR count). The first-order chi connectivity index (χ1) is 12.9. The van der Waals surface area contributed by atoms with E-state index in [4.69, 9.17) is 0 Å². The van der Waals surface area contributed by atoms with Crippen LogP contribution < -0.4 is 0 Å². The Morgan fingerprint density at radius 2 is 1.78 bits per heavy atom. The minimum absolute atomic E-state index is 0.573. The zero-order valence-corrected chi connectivity index (χ0v) is 19.0. The van der Waals surface area contributed by atoms with Crippen LogP contribution in [-0.2, 0) is 0 Å². The summed E-state index contributed by atoms with van der Waals surface area (Å²) in [7, 11) is 0. The second-order valence-electron chi connectivity index (χ2n) is 12.0. The van der Waals surface area contributed by atoms with Gasteiger partial charge in [0.2, 0.25) is 0 Å². The molecule has 154 valence electrons. The molecular formula is C27H46. The SMILES string of the molecule is CC(C)CCC[C@H](C)[C@@H]1CC[C@@H]2[C@H]3CC=C4CCCC[C@]4(C)[C@@H]3CC[C@@]21C. The molecule has 0 spiro atoms. The Bertz CT molecular complexity index is 556. The lowest BCUT2D eigenvalue weighted by Gasteiger charge is -2.58. The van der Waals surface area contributed by atoms with E-state index in [-0.39, 0.29) is 0 Å². The van der Waals surface area contributed by atoms with Gasteiger partial charge in [0.15, 0.2) is 0 Å². The number of allylic oxidation sites excluding steroid dienone is 2. The molecule has 27 heavy (non-hydrogen) atoms. The van der Waals surface area contributed by atoms with Crippen molar-refractivity contribution in [2.45, 2.75) is 112 Å². The quantitative estimate of drug-likeness (QED) is 0.426. The molecule has 3 fully saturated rings. The summed E-state index contributed by atoms with van der Waals surface area (Å²) in [5, 5.41) is 0. The normalized spacial score (nSPS) is 45.0. The summed E-state index contributed by atoms with van der Waals surface area (Å²) in [6.07, 6.45) is 20.5. The number of fused-ring (bicyclic) bond motifs is 5. The highest BCUT2D eigenvalue weighted by molar-refractivity contribution is 5.24. The van der Waals surface area contributed by atoms with Crippen molar-refractivity contribution < 1.29 is 0 Å². The second-order valence-corrected chi connectivity index (χ2v) is 12.0. The largest absolute Gasteiger partial charge is 0.0845 e. The molecule has 0 bridgehead atoms. The van der Waals surface area contributed by atoms with Gasteiger partial charge in [-0.05, 0) is 97.7 Å². The summed E-state index contributed by atoms with van der Waals surface area (Å²) >= 11 is 0. The first-order valence-corrected chi connectivity index (χ1v) is 12.6. The van der Waals surface area contributed by atoms with Crippen LogP contribution >= 0.6 is 0 Å². The molecule has 0 unspecified atom stereocenters. The molecule has 0 amide bonds. The summed E-state index contributed by atoms with van der Waals surface area (Å²) in [5.41, 5.74) is 3.09. The van der Waals surface area contributed by atoms with Gasteiger partial charge < -0.3 is 0 Å². The van der Waals surface area contributed by atoms with Crippen molar-refractivity contribution in [3.8, 4) is 0 Å². The Balaban J connectivity index is 1.49. The zero-order chi connectivity index (χ0) is 19.2. The van der Waals surface area contributed by atoms with Gasteiger partial charge in [-0.15, -0.1) is 0 Å². The number of rotatable bonds is 5. The highest BCUT2D eigenvalue weighted by Crippen LogP contribution is 2.67. The Hall–Kier alpha value is -0.260. The van der Waals surface area contributed by atoms with Gasteiger partial charge in [-0.25, -0.2) is 0 Å². The fourth-order valence-corrected chi connectivity index (χ4v) is 8.72. The number of hydrogen-bond donors (Lipinski definition) is 0. The molecule has 0 aromatic carbocycles. The first kappa shape index (κ1) is 20.0. The molecule has 0 N–H and O–H groups in total. The van der Waals surface area contributed by atoms with Gasteiger partial charge >= 0.3 is 0 Å². The van der Waals surface area contributed by atoms with Crippen molar-refractivity contribution in [3.05, 3.63) is 11.6 Å². The minimum atomic E-state index is 0.573. The smallest absolute Gasteiger partial charge is 0.00853 e. The molecule has 0 heterocycles. The summed E-state index contributed by atoms with van der Waals surface area (Å²) in [4.78, 5) is 0. The summed E-state index contributed by atoms with van der Waals surface area (Å²) < 4.78 is 0. The molecule has 4 aliphatic carbocycles. The average molecular weight is 371 g/mol. The minimum Gasteiger partial charge on any atom is -0.0845 e. The van der Waals surface area contributed by atoms with E-state index in [0.717, 1.165) is 35.5 Å². The van der Waals surface area contributed by atoms with E-state index in [1.165, 1.54) is 77.0 Å². The predicted octanol–water partition coefficient (Wildman–Crippen LogP) is 8.42. The Morgan fingerprint density at radius 1 is 0.963 bits per heavy atom. The van der Waals surface area contributed by atoms with Gasteiger partial charge in [-0.3, -0.25) is 0 Å². The van der Waals surface area contributed by atoms with Crippen molar-refractivity contribution in [2.75, 3.05) is 0 Å². The van der Waals surface area contributed by atoms with Crippen LogP contribution in [-0.4, -0.2) is 0 Å². The van der Waals surface area contributed by atoms with Crippen LogP contribution in [0, 0.1) is 46.3 Å². The van der Waals surface area contributed by atoms with Crippen molar-refractivity contribution in [2.24, 2.45) is 46.3 Å². The molecule has 3 saturated carbocycles. The van der Waals surface area contributed by atoms with E-state index in [9.17, 15) is 0 Å². The molecule has 0 aromatic heterocycles. The predicted molar refractivity (Wildman–Crippen MR) is 118 cm³/mol. The third-order valence-corrected chi connectivity index (χ3v) is 10.2. The number of hydrogen-bond acceptors (Lipinski definition) is 0. The maximum Gasteiger partial charge on any atom is -0.00853 e. The van der Waals surface area contributed by atoms with E-state index in [1.807, 2.05) is 5.57 Å². The maximum absolute atomic E-state index is 2.74. The van der Waals surface area contributed by atoms with E-state index in [2.05, 4.69) is 40.7 Å². The van der Waals surface area contributed by atoms with E-state index in [1.54, 1.807) is 0 Å². The standard InChI is InChI=1S/C27H46/c1-19(2)9-8-10-20(3)23-14-15-24-22-13-12-21-11-6-7-17-26(21,4)25(22)16-18-27(23,24)5/h12,19-20,22-25H,6-11,13-18H2,1-5H3/t20-,22+,23-,24+,25+,26-,27+/m0/s1. The summed E-state index contributed by atoms with van der Waals surface area (Å²) in [5.74, 6) is 5.84. The second kappa shape index (κ2) is 7.53. The fourth-order valence-electron chi connectivity index (χ4n) is 8.72. The van der Waals surface area contributed by atoms with Crippen LogP contribution in [0.3, 0.4) is 0 Å². The molecule has 0 heteroatoms. The molecule has 7 atom stereocenters. The van der Waals surface area contributed by atoms with Gasteiger partial charge in [0, 0.05) is 0 Å². The fraction of sp³-hybridized carbons (Fsp3) is 0.926. The lowest BCUT2D eigenvalue weighted by molar-refractivity contribution is -0.0500. The highest BCUT2D eigenvalue weighted by Gasteiger charge is 2.58. The van der Waals surface area contributed by atoms with Crippen molar-refractivity contribution in [1.82, 2.24) is 0 Å². The molecular weight excluding hydrogens is 324 g/mol. The first-order valence-electron chi connectivity index (χ1n) is 12.6. The lowest BCUT2D eigenvalue weighted by Crippen LogP contribution is -2.50. The topological polar surface area (TPSA) is 0 Å². The van der Waals surface area contributed by atoms with Gasteiger partial charge in [0.25, 0.3) is 0 Å². The van der Waals surface area contributed by atoms with Crippen molar-refractivity contribution in [3.63, 3.8) is 0 Å². The average Bonchev–Trinajstić information content (AvgIpc) is 2.98. The molecule has 0 aromatic rings. The van der Waals surface area contributed by atoms with Gasteiger partial charge in [-0.2, -0.15) is 0 Å². The summed E-state index contributed by atoms with van der Waals surface area (Å²) in [6.45, 7) is 12.8. The zero-order valence-electron chi connectivity index (χ0n) is 19.0. The highest BCUT2D eigenvalue weighted by atomic mass is 14.6. The third kappa shape index (κ3) is 3.36. The summed E-state index contributed by atoms with van der Waals surface area (Å²) in [6, 6.07) is 0. The Morgan fingerprint density at radius 3 is 2.56 bits per heavy atom. The van der Waals surface area contributed by atoms with Gasteiger partial charge in [0.05, 0.1) is 0 Å². The van der Waals surface area contributed by atoms with E-state index in [0.29, 0.717) is 10.8 Å². The van der Waals surface area contributed by atoms with Crippen LogP contribution in [0.4, 0.5) is 0 Å². The third-order valence-electron chi connectivity index (χ3n) is 10.2. The molecule has 0 aliphatic heterocycles. The van der Waals surface area contributed by atoms with Crippen molar-refractivity contribution >= 4 is 0 Å². The van der Waals surface area contributed by atoms with Gasteiger partial charge in [0.1, 0.15) is 0 Å². The molecule has 0 nitrogen and oxygen atoms in total. The van der Waals surface area contributed by atoms with Crippen LogP contribution in [0.5, 0.6) is 0 Å². The molecule has 0 saturated heterocycles. The molecule has 4 aliphatic rings. The lowest BCUT2D eigenvalue weighted by atomic mass is 9.47. The van der Waals surface area contributed by atoms with E-state index >= 15 is 0 Å². The van der Waals surface area contributed by atoms with Crippen LogP contribution in [0.15, 0.2) is 11.6 Å².